The fourth-order valence-corrected chi connectivity index (χ4v) is 2.96. The maximum atomic E-state index is 12.9. The molecule has 7 nitrogen and oxygen atoms in total. The Morgan fingerprint density at radius 2 is 1.77 bits per heavy atom. The van der Waals surface area contributed by atoms with Crippen molar-refractivity contribution in [3.05, 3.63) is 74.1 Å². The van der Waals surface area contributed by atoms with E-state index in [0.717, 1.165) is 10.1 Å². The summed E-state index contributed by atoms with van der Waals surface area (Å²) in [4.78, 5) is 41.9. The van der Waals surface area contributed by atoms with E-state index in [0.29, 0.717) is 5.69 Å². The molecule has 1 N–H and O–H groups in total. The summed E-state index contributed by atoms with van der Waals surface area (Å²) >= 11 is 0. The molecule has 3 rings (SSSR count). The predicted octanol–water partition coefficient (Wildman–Crippen LogP) is 1.43. The molecule has 0 aliphatic carbocycles. The Balaban J connectivity index is 2.14. The summed E-state index contributed by atoms with van der Waals surface area (Å²) in [5, 5.41) is 3.05. The van der Waals surface area contributed by atoms with Gasteiger partial charge in [0.1, 0.15) is 5.65 Å². The van der Waals surface area contributed by atoms with Gasteiger partial charge in [0.15, 0.2) is 0 Å². The number of rotatable bonds is 3. The van der Waals surface area contributed by atoms with Crippen molar-refractivity contribution in [1.82, 2.24) is 19.4 Å². The van der Waals surface area contributed by atoms with Crippen LogP contribution in [-0.4, -0.2) is 20.0 Å². The molecule has 2 aromatic heterocycles. The fraction of sp³-hybridized carbons (Fsp3) is 0.263. The van der Waals surface area contributed by atoms with Gasteiger partial charge in [-0.25, -0.2) is 9.78 Å². The quantitative estimate of drug-likeness (QED) is 0.773. The van der Waals surface area contributed by atoms with Crippen LogP contribution in [0.3, 0.4) is 0 Å². The van der Waals surface area contributed by atoms with Gasteiger partial charge >= 0.3 is 5.69 Å². The van der Waals surface area contributed by atoms with Gasteiger partial charge in [0.05, 0.1) is 17.0 Å². The summed E-state index contributed by atoms with van der Waals surface area (Å²) in [7, 11) is 2.92. The molecular weight excluding hydrogens is 332 g/mol. The zero-order chi connectivity index (χ0) is 19.0. The molecule has 1 atom stereocenters. The number of nitrogens with zero attached hydrogens (tertiary/aromatic N) is 3. The highest BCUT2D eigenvalue weighted by Crippen LogP contribution is 2.16. The molecular formula is C19H20N4O3. The third kappa shape index (κ3) is 2.92. The predicted molar refractivity (Wildman–Crippen MR) is 99.3 cm³/mol. The van der Waals surface area contributed by atoms with Crippen LogP contribution < -0.4 is 16.6 Å². The Morgan fingerprint density at radius 1 is 1.12 bits per heavy atom. The number of pyridine rings is 1. The van der Waals surface area contributed by atoms with Gasteiger partial charge in [-0.15, -0.1) is 0 Å². The van der Waals surface area contributed by atoms with Crippen LogP contribution >= 0.6 is 0 Å². The number of hydrogen-bond donors (Lipinski definition) is 1. The molecule has 0 fully saturated rings. The normalized spacial score (nSPS) is 12.2. The molecule has 7 heteroatoms. The summed E-state index contributed by atoms with van der Waals surface area (Å²) in [5.41, 5.74) is 0.911. The Bertz CT molecular complexity index is 1110. The van der Waals surface area contributed by atoms with Crippen LogP contribution in [0.15, 0.2) is 46.0 Å². The number of amides is 1. The maximum absolute atomic E-state index is 12.9. The second kappa shape index (κ2) is 6.59. The van der Waals surface area contributed by atoms with Crippen LogP contribution in [0.2, 0.25) is 0 Å². The van der Waals surface area contributed by atoms with E-state index in [1.54, 1.807) is 13.0 Å². The van der Waals surface area contributed by atoms with Crippen molar-refractivity contribution in [2.45, 2.75) is 19.9 Å². The Kier molecular flexibility index (Phi) is 4.46. The molecule has 0 bridgehead atoms. The molecule has 0 saturated heterocycles. The molecule has 1 amide bonds. The van der Waals surface area contributed by atoms with Gasteiger partial charge in [0, 0.05) is 19.8 Å². The van der Waals surface area contributed by atoms with Gasteiger partial charge in [-0.1, -0.05) is 30.3 Å². The molecule has 0 spiro atoms. The third-order valence-electron chi connectivity index (χ3n) is 4.43. The lowest BCUT2D eigenvalue weighted by atomic mass is 10.1. The molecule has 3 aromatic rings. The minimum atomic E-state index is -0.534. The van der Waals surface area contributed by atoms with Crippen molar-refractivity contribution < 1.29 is 4.79 Å². The van der Waals surface area contributed by atoms with Crippen LogP contribution in [0.5, 0.6) is 0 Å². The first-order valence-electron chi connectivity index (χ1n) is 8.24. The van der Waals surface area contributed by atoms with Crippen LogP contribution in [0, 0.1) is 6.92 Å². The molecule has 0 unspecified atom stereocenters. The lowest BCUT2D eigenvalue weighted by Gasteiger charge is -2.16. The van der Waals surface area contributed by atoms with Crippen molar-refractivity contribution in [3.8, 4) is 0 Å². The summed E-state index contributed by atoms with van der Waals surface area (Å²) < 4.78 is 2.26. The van der Waals surface area contributed by atoms with Crippen LogP contribution in [0.4, 0.5) is 0 Å². The lowest BCUT2D eigenvalue weighted by molar-refractivity contribution is 0.0941. The molecule has 0 radical (unpaired) electrons. The Hall–Kier alpha value is -3.22. The lowest BCUT2D eigenvalue weighted by Crippen LogP contribution is -2.39. The highest BCUT2D eigenvalue weighted by Gasteiger charge is 2.20. The van der Waals surface area contributed by atoms with Crippen molar-refractivity contribution in [1.29, 1.82) is 0 Å². The average molecular weight is 352 g/mol. The van der Waals surface area contributed by atoms with Gasteiger partial charge in [0.25, 0.3) is 11.5 Å². The summed E-state index contributed by atoms with van der Waals surface area (Å²) in [5.74, 6) is -0.382. The van der Waals surface area contributed by atoms with Crippen molar-refractivity contribution in [2.24, 2.45) is 14.1 Å². The number of carbonyl (C=O) groups excluding carboxylic acids is 1. The molecule has 134 valence electrons. The van der Waals surface area contributed by atoms with Gasteiger partial charge in [0.2, 0.25) is 0 Å². The molecule has 2 heterocycles. The van der Waals surface area contributed by atoms with E-state index >= 15 is 0 Å². The highest BCUT2D eigenvalue weighted by molar-refractivity contribution is 6.05. The average Bonchev–Trinajstić information content (AvgIpc) is 2.64. The summed E-state index contributed by atoms with van der Waals surface area (Å²) in [6.07, 6.45) is 0. The number of fused-ring (bicyclic) bond motifs is 1. The molecule has 0 saturated carbocycles. The third-order valence-corrected chi connectivity index (χ3v) is 4.43. The monoisotopic (exact) mass is 352 g/mol. The van der Waals surface area contributed by atoms with Crippen LogP contribution in [-0.2, 0) is 14.1 Å². The van der Waals surface area contributed by atoms with Gasteiger partial charge in [-0.05, 0) is 25.5 Å². The Labute approximate surface area is 149 Å². The zero-order valence-corrected chi connectivity index (χ0v) is 15.1. The van der Waals surface area contributed by atoms with Crippen molar-refractivity contribution in [2.75, 3.05) is 0 Å². The van der Waals surface area contributed by atoms with E-state index in [1.807, 2.05) is 37.3 Å². The summed E-state index contributed by atoms with van der Waals surface area (Å²) in [6, 6.07) is 10.9. The number of carbonyl (C=O) groups is 1. The molecule has 0 aliphatic rings. The van der Waals surface area contributed by atoms with E-state index in [9.17, 15) is 14.4 Å². The maximum Gasteiger partial charge on any atom is 0.332 e. The molecule has 1 aromatic carbocycles. The van der Waals surface area contributed by atoms with Gasteiger partial charge in [-0.3, -0.25) is 18.7 Å². The van der Waals surface area contributed by atoms with E-state index in [2.05, 4.69) is 10.3 Å². The van der Waals surface area contributed by atoms with E-state index in [4.69, 9.17) is 0 Å². The first kappa shape index (κ1) is 17.6. The van der Waals surface area contributed by atoms with Gasteiger partial charge in [-0.2, -0.15) is 0 Å². The molecule has 26 heavy (non-hydrogen) atoms. The summed E-state index contributed by atoms with van der Waals surface area (Å²) in [6.45, 7) is 3.59. The molecule has 0 aliphatic heterocycles. The first-order valence-corrected chi connectivity index (χ1v) is 8.24. The number of benzene rings is 1. The number of aromatic nitrogens is 3. The smallest absolute Gasteiger partial charge is 0.332 e. The second-order valence-electron chi connectivity index (χ2n) is 6.32. The van der Waals surface area contributed by atoms with E-state index in [-0.39, 0.29) is 28.5 Å². The van der Waals surface area contributed by atoms with Crippen LogP contribution in [0.25, 0.3) is 11.0 Å². The minimum Gasteiger partial charge on any atom is -0.345 e. The van der Waals surface area contributed by atoms with E-state index in [1.165, 1.54) is 18.7 Å². The van der Waals surface area contributed by atoms with Crippen molar-refractivity contribution in [3.63, 3.8) is 0 Å². The highest BCUT2D eigenvalue weighted by atomic mass is 16.2. The number of hydrogen-bond acceptors (Lipinski definition) is 4. The zero-order valence-electron chi connectivity index (χ0n) is 15.1. The van der Waals surface area contributed by atoms with Crippen molar-refractivity contribution >= 4 is 16.9 Å². The topological polar surface area (TPSA) is 86.0 Å². The SMILES string of the molecule is Cc1cc(C(=O)N[C@H](C)c2ccccc2)c2c(=O)n(C)c(=O)n(C)c2n1. The van der Waals surface area contributed by atoms with E-state index < -0.39 is 11.2 Å². The largest absolute Gasteiger partial charge is 0.345 e. The van der Waals surface area contributed by atoms with Crippen LogP contribution in [0.1, 0.15) is 34.6 Å². The Morgan fingerprint density at radius 3 is 2.42 bits per heavy atom. The first-order chi connectivity index (χ1) is 12.3. The number of nitrogens with one attached hydrogen (secondary N) is 1. The number of aryl methyl sites for hydroxylation is 2. The fourth-order valence-electron chi connectivity index (χ4n) is 2.96. The standard InChI is InChI=1S/C19H20N4O3/c1-11-10-14(17(24)21-12(2)13-8-6-5-7-9-13)15-16(20-11)22(3)19(26)23(4)18(15)25/h5-10,12H,1-4H3,(H,21,24)/t12-/m1/s1. The minimum absolute atomic E-state index is 0.137. The van der Waals surface area contributed by atoms with Gasteiger partial charge < -0.3 is 5.32 Å². The second-order valence-corrected chi connectivity index (χ2v) is 6.32.